The summed E-state index contributed by atoms with van der Waals surface area (Å²) in [7, 11) is 0. The van der Waals surface area contributed by atoms with Crippen LogP contribution < -0.4 is 5.32 Å². The molecular weight excluding hydrogens is 314 g/mol. The molecule has 0 aliphatic rings. The molecule has 0 saturated carbocycles. The molecule has 0 unspecified atom stereocenters. The van der Waals surface area contributed by atoms with Gasteiger partial charge in [-0.2, -0.15) is 5.10 Å². The number of anilines is 1. The minimum Gasteiger partial charge on any atom is -0.394 e. The quantitative estimate of drug-likeness (QED) is 0.526. The Bertz CT molecular complexity index is 806. The van der Waals surface area contributed by atoms with Crippen LogP contribution in [0.15, 0.2) is 47.9 Å². The molecule has 0 saturated heterocycles. The third kappa shape index (κ3) is 3.66. The topological polar surface area (TPSA) is 92.9 Å². The van der Waals surface area contributed by atoms with E-state index in [1.165, 1.54) is 18.1 Å². The predicted molar refractivity (Wildman–Crippen MR) is 88.2 cm³/mol. The molecule has 0 spiro atoms. The largest absolute Gasteiger partial charge is 0.394 e. The fraction of sp³-hybridized carbons (Fsp3) is 0.200. The Kier molecular flexibility index (Phi) is 4.84. The fourth-order valence-corrected chi connectivity index (χ4v) is 2.86. The van der Waals surface area contributed by atoms with E-state index < -0.39 is 0 Å². The monoisotopic (exact) mass is 329 g/mol. The summed E-state index contributed by atoms with van der Waals surface area (Å²) in [6, 6.07) is 9.30. The van der Waals surface area contributed by atoms with E-state index in [1.54, 1.807) is 10.9 Å². The Morgan fingerprint density at radius 3 is 2.87 bits per heavy atom. The van der Waals surface area contributed by atoms with Gasteiger partial charge in [0.25, 0.3) is 0 Å². The van der Waals surface area contributed by atoms with Gasteiger partial charge in [0.1, 0.15) is 11.4 Å². The van der Waals surface area contributed by atoms with Crippen molar-refractivity contribution in [1.82, 2.24) is 19.7 Å². The molecule has 0 bridgehead atoms. The summed E-state index contributed by atoms with van der Waals surface area (Å²) in [5.74, 6) is 0.141. The number of nitrogens with one attached hydrogen (secondary N) is 1. The molecule has 2 N–H and O–H groups in total. The number of carbonyl (C=O) groups excluding carboxylic acids is 1. The van der Waals surface area contributed by atoms with Gasteiger partial charge in [0.05, 0.1) is 30.5 Å². The van der Waals surface area contributed by atoms with Crippen LogP contribution >= 0.6 is 11.8 Å². The van der Waals surface area contributed by atoms with Gasteiger partial charge in [-0.05, 0) is 12.1 Å². The lowest BCUT2D eigenvalue weighted by molar-refractivity contribution is -0.113. The van der Waals surface area contributed by atoms with Gasteiger partial charge < -0.3 is 10.4 Å². The number of amides is 1. The van der Waals surface area contributed by atoms with Crippen LogP contribution in [0.3, 0.4) is 0 Å². The Hall–Kier alpha value is -2.45. The molecule has 2 heterocycles. The molecule has 3 aromatic rings. The normalized spacial score (nSPS) is 10.8. The molecule has 23 heavy (non-hydrogen) atoms. The first-order chi connectivity index (χ1) is 11.3. The van der Waals surface area contributed by atoms with E-state index in [0.717, 1.165) is 11.1 Å². The van der Waals surface area contributed by atoms with Gasteiger partial charge in [-0.25, -0.2) is 14.6 Å². The van der Waals surface area contributed by atoms with Gasteiger partial charge in [0, 0.05) is 5.69 Å². The van der Waals surface area contributed by atoms with Crippen molar-refractivity contribution in [3.8, 4) is 0 Å². The third-order valence-corrected chi connectivity index (χ3v) is 4.11. The summed E-state index contributed by atoms with van der Waals surface area (Å²) in [6.07, 6.45) is 3.09. The number of thioether (sulfide) groups is 1. The van der Waals surface area contributed by atoms with Crippen molar-refractivity contribution in [2.45, 2.75) is 11.6 Å². The Morgan fingerprint density at radius 2 is 2.09 bits per heavy atom. The molecule has 0 fully saturated rings. The maximum atomic E-state index is 12.0. The fourth-order valence-electron chi connectivity index (χ4n) is 2.10. The highest BCUT2D eigenvalue weighted by Gasteiger charge is 2.11. The van der Waals surface area contributed by atoms with Gasteiger partial charge in [-0.15, -0.1) is 0 Å². The minimum absolute atomic E-state index is 0.0112. The van der Waals surface area contributed by atoms with Gasteiger partial charge in [0.15, 0.2) is 5.65 Å². The summed E-state index contributed by atoms with van der Waals surface area (Å²) in [4.78, 5) is 20.4. The van der Waals surface area contributed by atoms with Crippen molar-refractivity contribution in [2.24, 2.45) is 0 Å². The number of hydrogen-bond acceptors (Lipinski definition) is 6. The number of aliphatic hydroxyl groups is 1. The van der Waals surface area contributed by atoms with Crippen molar-refractivity contribution in [1.29, 1.82) is 0 Å². The Balaban J connectivity index is 1.68. The molecule has 0 aliphatic heterocycles. The van der Waals surface area contributed by atoms with Gasteiger partial charge in [-0.1, -0.05) is 30.0 Å². The lowest BCUT2D eigenvalue weighted by Gasteiger charge is -2.05. The van der Waals surface area contributed by atoms with Crippen LogP contribution in [0.5, 0.6) is 0 Å². The smallest absolute Gasteiger partial charge is 0.234 e. The zero-order valence-corrected chi connectivity index (χ0v) is 13.0. The second-order valence-corrected chi connectivity index (χ2v) is 5.67. The maximum Gasteiger partial charge on any atom is 0.234 e. The second-order valence-electron chi connectivity index (χ2n) is 4.71. The summed E-state index contributed by atoms with van der Waals surface area (Å²) < 4.78 is 1.62. The average molecular weight is 329 g/mol. The first kappa shape index (κ1) is 15.4. The number of carbonyl (C=O) groups is 1. The number of para-hydroxylation sites is 1. The summed E-state index contributed by atoms with van der Waals surface area (Å²) in [5, 5.41) is 17.5. The molecule has 0 radical (unpaired) electrons. The molecule has 3 rings (SSSR count). The molecular formula is C15H15N5O2S. The predicted octanol–water partition coefficient (Wildman–Crippen LogP) is 1.55. The molecule has 7 nitrogen and oxygen atoms in total. The first-order valence-corrected chi connectivity index (χ1v) is 8.01. The van der Waals surface area contributed by atoms with Crippen molar-refractivity contribution in [3.63, 3.8) is 0 Å². The highest BCUT2D eigenvalue weighted by atomic mass is 32.2. The number of nitrogens with zero attached hydrogens (tertiary/aromatic N) is 4. The maximum absolute atomic E-state index is 12.0. The van der Waals surface area contributed by atoms with E-state index in [-0.39, 0.29) is 18.3 Å². The van der Waals surface area contributed by atoms with Crippen LogP contribution in [-0.4, -0.2) is 43.1 Å². The van der Waals surface area contributed by atoms with Crippen molar-refractivity contribution in [2.75, 3.05) is 17.7 Å². The van der Waals surface area contributed by atoms with Gasteiger partial charge in [-0.3, -0.25) is 4.79 Å². The second kappa shape index (κ2) is 7.21. The van der Waals surface area contributed by atoms with Crippen LogP contribution in [0.25, 0.3) is 11.0 Å². The van der Waals surface area contributed by atoms with Crippen LogP contribution in [-0.2, 0) is 11.3 Å². The highest BCUT2D eigenvalue weighted by molar-refractivity contribution is 8.00. The van der Waals surface area contributed by atoms with E-state index in [4.69, 9.17) is 5.11 Å². The van der Waals surface area contributed by atoms with Crippen LogP contribution in [0.4, 0.5) is 5.69 Å². The molecule has 8 heteroatoms. The van der Waals surface area contributed by atoms with Gasteiger partial charge >= 0.3 is 0 Å². The van der Waals surface area contributed by atoms with Crippen LogP contribution in [0.2, 0.25) is 0 Å². The number of fused-ring (bicyclic) bond motifs is 1. The molecule has 1 amide bonds. The van der Waals surface area contributed by atoms with Crippen molar-refractivity contribution in [3.05, 3.63) is 42.9 Å². The first-order valence-electron chi connectivity index (χ1n) is 7.03. The highest BCUT2D eigenvalue weighted by Crippen LogP contribution is 2.24. The van der Waals surface area contributed by atoms with Crippen molar-refractivity contribution >= 4 is 34.4 Å². The number of aliphatic hydroxyl groups excluding tert-OH is 1. The summed E-state index contributed by atoms with van der Waals surface area (Å²) >= 11 is 1.33. The van der Waals surface area contributed by atoms with E-state index in [1.807, 2.05) is 30.3 Å². The third-order valence-electron chi connectivity index (χ3n) is 3.11. The SMILES string of the molecule is O=C(CSc1ncnc2c1cnn2CCO)Nc1ccccc1. The molecule has 0 atom stereocenters. The Labute approximate surface area is 136 Å². The van der Waals surface area contributed by atoms with Crippen LogP contribution in [0.1, 0.15) is 0 Å². The zero-order valence-electron chi connectivity index (χ0n) is 12.2. The molecule has 1 aromatic carbocycles. The summed E-state index contributed by atoms with van der Waals surface area (Å²) in [5.41, 5.74) is 1.42. The minimum atomic E-state index is -0.101. The Morgan fingerprint density at radius 1 is 1.26 bits per heavy atom. The number of rotatable bonds is 6. The lowest BCUT2D eigenvalue weighted by Crippen LogP contribution is -2.14. The summed E-state index contributed by atoms with van der Waals surface area (Å²) in [6.45, 7) is 0.363. The number of hydrogen-bond donors (Lipinski definition) is 2. The van der Waals surface area contributed by atoms with Gasteiger partial charge in [0.2, 0.25) is 5.91 Å². The number of aromatic nitrogens is 4. The van der Waals surface area contributed by atoms with Crippen LogP contribution in [0, 0.1) is 0 Å². The molecule has 0 aliphatic carbocycles. The molecule has 118 valence electrons. The molecule has 2 aromatic heterocycles. The van der Waals surface area contributed by atoms with E-state index >= 15 is 0 Å². The standard InChI is InChI=1S/C15H15N5O2S/c21-7-6-20-14-12(8-18-20)15(17-10-16-14)23-9-13(22)19-11-4-2-1-3-5-11/h1-5,8,10,21H,6-7,9H2,(H,19,22). The van der Waals surface area contributed by atoms with Crippen molar-refractivity contribution < 1.29 is 9.90 Å². The number of benzene rings is 1. The lowest BCUT2D eigenvalue weighted by atomic mass is 10.3. The van der Waals surface area contributed by atoms with E-state index in [2.05, 4.69) is 20.4 Å². The van der Waals surface area contributed by atoms with E-state index in [0.29, 0.717) is 17.2 Å². The van der Waals surface area contributed by atoms with E-state index in [9.17, 15) is 4.79 Å². The average Bonchev–Trinajstić information content (AvgIpc) is 2.98. The zero-order chi connectivity index (χ0) is 16.1.